The van der Waals surface area contributed by atoms with Crippen molar-refractivity contribution in [1.29, 1.82) is 0 Å². The third-order valence-electron chi connectivity index (χ3n) is 1.80. The van der Waals surface area contributed by atoms with Crippen LogP contribution in [0, 0.1) is 5.82 Å². The Labute approximate surface area is 88.1 Å². The standard InChI is InChI=1S/C9H12FNO3S/c10-9-6-2-1-4-8(9)5-3-7-14-15(11,12)13/h1-2,4,6H,3,5,7H2,(H2,11,12,13). The van der Waals surface area contributed by atoms with Crippen molar-refractivity contribution in [2.24, 2.45) is 5.14 Å². The Kier molecular flexibility index (Phi) is 4.19. The van der Waals surface area contributed by atoms with Gasteiger partial charge in [-0.1, -0.05) is 18.2 Å². The molecule has 0 spiro atoms. The smallest absolute Gasteiger partial charge is 0.258 e. The summed E-state index contributed by atoms with van der Waals surface area (Å²) >= 11 is 0. The van der Waals surface area contributed by atoms with E-state index < -0.39 is 10.3 Å². The van der Waals surface area contributed by atoms with Crippen LogP contribution in [0.4, 0.5) is 4.39 Å². The predicted octanol–water partition coefficient (Wildman–Crippen LogP) is 0.978. The molecule has 0 atom stereocenters. The topological polar surface area (TPSA) is 69.4 Å². The maximum absolute atomic E-state index is 13.1. The van der Waals surface area contributed by atoms with Crippen LogP contribution in [0.2, 0.25) is 0 Å². The van der Waals surface area contributed by atoms with Crippen molar-refractivity contribution in [3.05, 3.63) is 35.6 Å². The van der Waals surface area contributed by atoms with Crippen molar-refractivity contribution < 1.29 is 17.0 Å². The van der Waals surface area contributed by atoms with Gasteiger partial charge in [-0.3, -0.25) is 4.18 Å². The molecule has 0 aromatic heterocycles. The van der Waals surface area contributed by atoms with Crippen LogP contribution in [0.25, 0.3) is 0 Å². The normalized spacial score (nSPS) is 11.6. The van der Waals surface area contributed by atoms with Gasteiger partial charge in [0.05, 0.1) is 6.61 Å². The van der Waals surface area contributed by atoms with Crippen LogP contribution in [0.1, 0.15) is 12.0 Å². The van der Waals surface area contributed by atoms with Gasteiger partial charge in [0, 0.05) is 0 Å². The molecule has 0 aliphatic rings. The molecule has 0 saturated carbocycles. The number of rotatable bonds is 5. The first-order valence-corrected chi connectivity index (χ1v) is 5.87. The van der Waals surface area contributed by atoms with E-state index in [-0.39, 0.29) is 12.4 Å². The van der Waals surface area contributed by atoms with Crippen LogP contribution in [0.3, 0.4) is 0 Å². The molecular formula is C9H12FNO3S. The van der Waals surface area contributed by atoms with Gasteiger partial charge in [0.25, 0.3) is 0 Å². The van der Waals surface area contributed by atoms with E-state index in [4.69, 9.17) is 0 Å². The van der Waals surface area contributed by atoms with Crippen LogP contribution in [-0.2, 0) is 20.9 Å². The molecule has 2 N–H and O–H groups in total. The highest BCUT2D eigenvalue weighted by Crippen LogP contribution is 2.08. The third-order valence-corrected chi connectivity index (χ3v) is 2.29. The minimum atomic E-state index is -3.88. The summed E-state index contributed by atoms with van der Waals surface area (Å²) in [5, 5.41) is 4.62. The maximum atomic E-state index is 13.1. The highest BCUT2D eigenvalue weighted by Gasteiger charge is 2.03. The van der Waals surface area contributed by atoms with E-state index in [1.807, 2.05) is 0 Å². The second kappa shape index (κ2) is 5.20. The zero-order valence-electron chi connectivity index (χ0n) is 8.02. The van der Waals surface area contributed by atoms with Gasteiger partial charge >= 0.3 is 10.3 Å². The first kappa shape index (κ1) is 12.1. The van der Waals surface area contributed by atoms with Gasteiger partial charge in [-0.25, -0.2) is 9.53 Å². The zero-order chi connectivity index (χ0) is 11.3. The van der Waals surface area contributed by atoms with Crippen molar-refractivity contribution in [2.75, 3.05) is 6.61 Å². The average molecular weight is 233 g/mol. The number of hydrogen-bond donors (Lipinski definition) is 1. The summed E-state index contributed by atoms with van der Waals surface area (Å²) in [6.07, 6.45) is 0.819. The van der Waals surface area contributed by atoms with Gasteiger partial charge in [0.1, 0.15) is 5.82 Å². The molecule has 1 aromatic rings. The lowest BCUT2D eigenvalue weighted by atomic mass is 10.1. The van der Waals surface area contributed by atoms with Gasteiger partial charge in [0.15, 0.2) is 0 Å². The first-order valence-electron chi connectivity index (χ1n) is 4.39. The molecule has 0 radical (unpaired) electrons. The van der Waals surface area contributed by atoms with E-state index >= 15 is 0 Å². The minimum absolute atomic E-state index is 0.0346. The Morgan fingerprint density at radius 3 is 2.60 bits per heavy atom. The molecule has 6 heteroatoms. The summed E-state index contributed by atoms with van der Waals surface area (Å²) in [7, 11) is -3.88. The number of halogens is 1. The first-order chi connectivity index (χ1) is 6.99. The van der Waals surface area contributed by atoms with Crippen LogP contribution < -0.4 is 5.14 Å². The fourth-order valence-electron chi connectivity index (χ4n) is 1.14. The average Bonchev–Trinajstić information content (AvgIpc) is 2.13. The minimum Gasteiger partial charge on any atom is -0.258 e. The van der Waals surface area contributed by atoms with E-state index in [0.29, 0.717) is 18.4 Å². The lowest BCUT2D eigenvalue weighted by Gasteiger charge is -2.02. The number of nitrogens with two attached hydrogens (primary N) is 1. The monoisotopic (exact) mass is 233 g/mol. The second-order valence-corrected chi connectivity index (χ2v) is 4.23. The van der Waals surface area contributed by atoms with E-state index in [1.165, 1.54) is 6.07 Å². The molecule has 15 heavy (non-hydrogen) atoms. The summed E-state index contributed by atoms with van der Waals surface area (Å²) in [6, 6.07) is 6.32. The van der Waals surface area contributed by atoms with Crippen molar-refractivity contribution in [3.63, 3.8) is 0 Å². The highest BCUT2D eigenvalue weighted by molar-refractivity contribution is 7.84. The molecule has 4 nitrogen and oxygen atoms in total. The van der Waals surface area contributed by atoms with E-state index in [9.17, 15) is 12.8 Å². The van der Waals surface area contributed by atoms with Gasteiger partial charge in [-0.05, 0) is 24.5 Å². The van der Waals surface area contributed by atoms with Crippen LogP contribution in [0.15, 0.2) is 24.3 Å². The SMILES string of the molecule is NS(=O)(=O)OCCCc1ccccc1F. The fourth-order valence-corrected chi connectivity index (χ4v) is 1.49. The fraction of sp³-hybridized carbons (Fsp3) is 0.333. The van der Waals surface area contributed by atoms with Crippen molar-refractivity contribution in [2.45, 2.75) is 12.8 Å². The quantitative estimate of drug-likeness (QED) is 0.771. The third kappa shape index (κ3) is 4.87. The number of benzene rings is 1. The summed E-state index contributed by atoms with van der Waals surface area (Å²) in [5.74, 6) is -0.298. The summed E-state index contributed by atoms with van der Waals surface area (Å²) in [6.45, 7) is -0.0346. The molecule has 0 saturated heterocycles. The van der Waals surface area contributed by atoms with Crippen LogP contribution in [-0.4, -0.2) is 15.0 Å². The van der Waals surface area contributed by atoms with Crippen LogP contribution >= 0.6 is 0 Å². The largest absolute Gasteiger partial charge is 0.333 e. The molecular weight excluding hydrogens is 221 g/mol. The molecule has 0 bridgehead atoms. The summed E-state index contributed by atoms with van der Waals surface area (Å²) < 4.78 is 38.2. The number of aryl methyl sites for hydroxylation is 1. The Hall–Kier alpha value is -0.980. The molecule has 1 rings (SSSR count). The number of hydrogen-bond acceptors (Lipinski definition) is 3. The maximum Gasteiger partial charge on any atom is 0.333 e. The molecule has 0 fully saturated rings. The second-order valence-electron chi connectivity index (χ2n) is 3.01. The molecule has 0 amide bonds. The zero-order valence-corrected chi connectivity index (χ0v) is 8.84. The Balaban J connectivity index is 2.36. The van der Waals surface area contributed by atoms with E-state index in [1.54, 1.807) is 18.2 Å². The van der Waals surface area contributed by atoms with E-state index in [2.05, 4.69) is 9.32 Å². The molecule has 84 valence electrons. The predicted molar refractivity (Wildman–Crippen MR) is 53.8 cm³/mol. The van der Waals surface area contributed by atoms with Crippen molar-refractivity contribution >= 4 is 10.3 Å². The Bertz CT molecular complexity index is 419. The highest BCUT2D eigenvalue weighted by atomic mass is 32.2. The molecule has 0 heterocycles. The molecule has 1 aromatic carbocycles. The molecule has 0 aliphatic heterocycles. The van der Waals surface area contributed by atoms with Crippen molar-refractivity contribution in [3.8, 4) is 0 Å². The lowest BCUT2D eigenvalue weighted by Crippen LogP contribution is -2.16. The van der Waals surface area contributed by atoms with Gasteiger partial charge in [-0.2, -0.15) is 8.42 Å². The van der Waals surface area contributed by atoms with Gasteiger partial charge in [0.2, 0.25) is 0 Å². The van der Waals surface area contributed by atoms with Crippen molar-refractivity contribution in [1.82, 2.24) is 0 Å². The van der Waals surface area contributed by atoms with Crippen LogP contribution in [0.5, 0.6) is 0 Å². The van der Waals surface area contributed by atoms with Gasteiger partial charge in [-0.15, -0.1) is 0 Å². The summed E-state index contributed by atoms with van der Waals surface area (Å²) in [5.41, 5.74) is 0.538. The molecule has 0 unspecified atom stereocenters. The Morgan fingerprint density at radius 2 is 2.00 bits per heavy atom. The Morgan fingerprint density at radius 1 is 1.33 bits per heavy atom. The molecule has 0 aliphatic carbocycles. The van der Waals surface area contributed by atoms with Gasteiger partial charge < -0.3 is 0 Å². The summed E-state index contributed by atoms with van der Waals surface area (Å²) in [4.78, 5) is 0. The van der Waals surface area contributed by atoms with E-state index in [0.717, 1.165) is 0 Å². The lowest BCUT2D eigenvalue weighted by molar-refractivity contribution is 0.312.